The fraction of sp³-hybridized carbons (Fsp3) is 0.500. The molecule has 0 fully saturated rings. The number of esters is 1. The molecule has 7 nitrogen and oxygen atoms in total. The lowest BCUT2D eigenvalue weighted by molar-refractivity contribution is -0.145. The third-order valence-electron chi connectivity index (χ3n) is 3.30. The van der Waals surface area contributed by atoms with Crippen molar-refractivity contribution in [3.05, 3.63) is 23.4 Å². The molecule has 0 unspecified atom stereocenters. The normalized spacial score (nSPS) is 12.2. The van der Waals surface area contributed by atoms with Gasteiger partial charge in [-0.15, -0.1) is 11.3 Å². The lowest BCUT2D eigenvalue weighted by Crippen LogP contribution is -2.42. The van der Waals surface area contributed by atoms with Gasteiger partial charge >= 0.3 is 5.97 Å². The molecule has 2 aromatic heterocycles. The smallest absolute Gasteiger partial charge is 0.328 e. The van der Waals surface area contributed by atoms with Crippen LogP contribution >= 0.6 is 11.3 Å². The van der Waals surface area contributed by atoms with Gasteiger partial charge in [-0.1, -0.05) is 25.1 Å². The van der Waals surface area contributed by atoms with Crippen LogP contribution < -0.4 is 5.32 Å². The minimum absolute atomic E-state index is 0.164. The Kier molecular flexibility index (Phi) is 6.48. The quantitative estimate of drug-likeness (QED) is 0.734. The second-order valence-electron chi connectivity index (χ2n) is 5.76. The van der Waals surface area contributed by atoms with Gasteiger partial charge in [-0.2, -0.15) is 4.98 Å². The minimum Gasteiger partial charge on any atom is -0.467 e. The zero-order chi connectivity index (χ0) is 17.5. The molecule has 0 aliphatic rings. The van der Waals surface area contributed by atoms with Crippen LogP contribution in [-0.2, 0) is 20.7 Å². The van der Waals surface area contributed by atoms with Gasteiger partial charge in [0.05, 0.1) is 12.0 Å². The van der Waals surface area contributed by atoms with Crippen LogP contribution in [0, 0.1) is 5.92 Å². The van der Waals surface area contributed by atoms with Crippen LogP contribution in [-0.4, -0.2) is 35.2 Å². The number of hydrogen-bond acceptors (Lipinski definition) is 7. The Bertz CT molecular complexity index is 667. The molecule has 0 aliphatic carbocycles. The number of ether oxygens (including phenoxy) is 1. The van der Waals surface area contributed by atoms with Gasteiger partial charge in [-0.3, -0.25) is 4.79 Å². The molecule has 0 aromatic carbocycles. The number of carbonyl (C=O) groups excluding carboxylic acids is 2. The zero-order valence-electron chi connectivity index (χ0n) is 13.9. The van der Waals surface area contributed by atoms with E-state index in [1.165, 1.54) is 18.4 Å². The average Bonchev–Trinajstić information content (AvgIpc) is 3.21. The fourth-order valence-electron chi connectivity index (χ4n) is 2.18. The van der Waals surface area contributed by atoms with E-state index in [1.807, 2.05) is 31.4 Å². The number of carbonyl (C=O) groups is 2. The van der Waals surface area contributed by atoms with Crippen molar-refractivity contribution in [3.8, 4) is 10.7 Å². The van der Waals surface area contributed by atoms with E-state index < -0.39 is 12.0 Å². The van der Waals surface area contributed by atoms with E-state index in [-0.39, 0.29) is 18.2 Å². The zero-order valence-corrected chi connectivity index (χ0v) is 14.8. The van der Waals surface area contributed by atoms with Gasteiger partial charge in [0.1, 0.15) is 6.04 Å². The maximum atomic E-state index is 12.1. The first-order chi connectivity index (χ1) is 11.5. The lowest BCUT2D eigenvalue weighted by Gasteiger charge is -2.18. The van der Waals surface area contributed by atoms with E-state index >= 15 is 0 Å². The summed E-state index contributed by atoms with van der Waals surface area (Å²) in [5, 5.41) is 8.53. The Balaban J connectivity index is 1.87. The van der Waals surface area contributed by atoms with E-state index in [1.54, 1.807) is 0 Å². The molecular formula is C16H21N3O4S. The maximum Gasteiger partial charge on any atom is 0.328 e. The molecule has 2 heterocycles. The molecule has 0 spiro atoms. The molecule has 1 atom stereocenters. The first-order valence-electron chi connectivity index (χ1n) is 7.73. The highest BCUT2D eigenvalue weighted by Gasteiger charge is 2.22. The summed E-state index contributed by atoms with van der Waals surface area (Å²) >= 11 is 1.52. The Morgan fingerprint density at radius 3 is 2.83 bits per heavy atom. The van der Waals surface area contributed by atoms with Crippen LogP contribution in [0.1, 0.15) is 32.6 Å². The monoisotopic (exact) mass is 351 g/mol. The van der Waals surface area contributed by atoms with Crippen molar-refractivity contribution in [3.63, 3.8) is 0 Å². The Morgan fingerprint density at radius 2 is 2.21 bits per heavy atom. The van der Waals surface area contributed by atoms with E-state index in [2.05, 4.69) is 15.5 Å². The molecule has 24 heavy (non-hydrogen) atoms. The molecule has 1 N–H and O–H groups in total. The van der Waals surface area contributed by atoms with E-state index in [0.717, 1.165) is 4.88 Å². The van der Waals surface area contributed by atoms with E-state index in [4.69, 9.17) is 9.26 Å². The average molecular weight is 351 g/mol. The van der Waals surface area contributed by atoms with Crippen LogP contribution in [0.2, 0.25) is 0 Å². The molecule has 2 aromatic rings. The molecule has 130 valence electrons. The fourth-order valence-corrected chi connectivity index (χ4v) is 2.83. The van der Waals surface area contributed by atoms with Crippen molar-refractivity contribution in [1.29, 1.82) is 0 Å². The van der Waals surface area contributed by atoms with Gasteiger partial charge in [0.15, 0.2) is 0 Å². The summed E-state index contributed by atoms with van der Waals surface area (Å²) in [7, 11) is 1.31. The summed E-state index contributed by atoms with van der Waals surface area (Å²) < 4.78 is 9.88. The number of aryl methyl sites for hydroxylation is 1. The van der Waals surface area contributed by atoms with Gasteiger partial charge in [0.2, 0.25) is 17.6 Å². The standard InChI is InChI=1S/C16H21N3O4S/c1-10(2)9-11(16(21)22-3)17-13(20)6-7-14-18-15(19-23-14)12-5-4-8-24-12/h4-5,8,10-11H,6-7,9H2,1-3H3,(H,17,20)/t11-/m1/s1. The molecule has 0 bridgehead atoms. The largest absolute Gasteiger partial charge is 0.467 e. The number of rotatable bonds is 8. The number of amides is 1. The summed E-state index contributed by atoms with van der Waals surface area (Å²) in [6, 6.07) is 3.18. The first kappa shape index (κ1) is 18.1. The minimum atomic E-state index is -0.633. The highest BCUT2D eigenvalue weighted by Crippen LogP contribution is 2.21. The number of aromatic nitrogens is 2. The van der Waals surface area contributed by atoms with Crippen LogP contribution in [0.3, 0.4) is 0 Å². The number of nitrogens with zero attached hydrogens (tertiary/aromatic N) is 2. The van der Waals surface area contributed by atoms with Gasteiger partial charge in [0, 0.05) is 12.8 Å². The van der Waals surface area contributed by atoms with Crippen molar-refractivity contribution in [2.75, 3.05) is 7.11 Å². The molecule has 0 aliphatic heterocycles. The van der Waals surface area contributed by atoms with Gasteiger partial charge in [-0.25, -0.2) is 4.79 Å². The van der Waals surface area contributed by atoms with Gasteiger partial charge < -0.3 is 14.6 Å². The summed E-state index contributed by atoms with van der Waals surface area (Å²) in [6.45, 7) is 3.96. The predicted molar refractivity (Wildman–Crippen MR) is 89.3 cm³/mol. The Hall–Kier alpha value is -2.22. The molecular weight excluding hydrogens is 330 g/mol. The molecule has 1 amide bonds. The summed E-state index contributed by atoms with van der Waals surface area (Å²) in [5.74, 6) is 0.495. The number of thiophene rings is 1. The van der Waals surface area contributed by atoms with Crippen LogP contribution in [0.25, 0.3) is 10.7 Å². The van der Waals surface area contributed by atoms with Crippen molar-refractivity contribution in [2.45, 2.75) is 39.2 Å². The van der Waals surface area contributed by atoms with E-state index in [0.29, 0.717) is 24.6 Å². The number of nitrogens with one attached hydrogen (secondary N) is 1. The highest BCUT2D eigenvalue weighted by atomic mass is 32.1. The highest BCUT2D eigenvalue weighted by molar-refractivity contribution is 7.13. The first-order valence-corrected chi connectivity index (χ1v) is 8.61. The van der Waals surface area contributed by atoms with Crippen LogP contribution in [0.5, 0.6) is 0 Å². The molecule has 8 heteroatoms. The van der Waals surface area contributed by atoms with Crippen LogP contribution in [0.15, 0.2) is 22.0 Å². The molecule has 0 radical (unpaired) electrons. The third-order valence-corrected chi connectivity index (χ3v) is 4.17. The second kappa shape index (κ2) is 8.58. The summed E-state index contributed by atoms with van der Waals surface area (Å²) in [6.07, 6.45) is 1.01. The SMILES string of the molecule is COC(=O)[C@@H](CC(C)C)NC(=O)CCc1nc(-c2cccs2)no1. The predicted octanol–water partition coefficient (Wildman–Crippen LogP) is 2.43. The topological polar surface area (TPSA) is 94.3 Å². The van der Waals surface area contributed by atoms with Crippen molar-refractivity contribution in [1.82, 2.24) is 15.5 Å². The number of hydrogen-bond donors (Lipinski definition) is 1. The third kappa shape index (κ3) is 5.16. The Morgan fingerprint density at radius 1 is 1.42 bits per heavy atom. The van der Waals surface area contributed by atoms with Crippen LogP contribution in [0.4, 0.5) is 0 Å². The number of methoxy groups -OCH3 is 1. The van der Waals surface area contributed by atoms with Crippen molar-refractivity contribution >= 4 is 23.2 Å². The van der Waals surface area contributed by atoms with Crippen molar-refractivity contribution < 1.29 is 18.8 Å². The summed E-state index contributed by atoms with van der Waals surface area (Å²) in [5.41, 5.74) is 0. The molecule has 0 saturated heterocycles. The second-order valence-corrected chi connectivity index (χ2v) is 6.71. The molecule has 2 rings (SSSR count). The van der Waals surface area contributed by atoms with Gasteiger partial charge in [-0.05, 0) is 23.8 Å². The van der Waals surface area contributed by atoms with E-state index in [9.17, 15) is 9.59 Å². The maximum absolute atomic E-state index is 12.1. The summed E-state index contributed by atoms with van der Waals surface area (Å²) in [4.78, 5) is 29.0. The van der Waals surface area contributed by atoms with Crippen molar-refractivity contribution in [2.24, 2.45) is 5.92 Å². The lowest BCUT2D eigenvalue weighted by atomic mass is 10.0. The van der Waals surface area contributed by atoms with Gasteiger partial charge in [0.25, 0.3) is 0 Å². The Labute approximate surface area is 144 Å². The molecule has 0 saturated carbocycles.